The van der Waals surface area contributed by atoms with Crippen molar-refractivity contribution in [2.24, 2.45) is 0 Å². The van der Waals surface area contributed by atoms with Gasteiger partial charge in [-0.25, -0.2) is 9.78 Å². The van der Waals surface area contributed by atoms with E-state index >= 15 is 0 Å². The van der Waals surface area contributed by atoms with E-state index in [1.165, 1.54) is 17.4 Å². The van der Waals surface area contributed by atoms with Crippen molar-refractivity contribution < 1.29 is 19.1 Å². The Labute approximate surface area is 142 Å². The van der Waals surface area contributed by atoms with Gasteiger partial charge in [0.05, 0.1) is 28.4 Å². The highest BCUT2D eigenvalue weighted by atomic mass is 32.1. The monoisotopic (exact) mass is 342 g/mol. The first kappa shape index (κ1) is 16.1. The topological polar surface area (TPSA) is 76.6 Å². The summed E-state index contributed by atoms with van der Waals surface area (Å²) < 4.78 is 5.03. The quantitative estimate of drug-likeness (QED) is 0.473. The van der Waals surface area contributed by atoms with E-state index in [0.29, 0.717) is 16.8 Å². The maximum Gasteiger partial charge on any atom is 0.330 e. The molecule has 1 aromatic carbocycles. The molecule has 0 spiro atoms. The molecule has 6 nitrogen and oxygen atoms in total. The number of carbonyl (C=O) groups is 3. The van der Waals surface area contributed by atoms with Crippen LogP contribution in [-0.4, -0.2) is 40.8 Å². The van der Waals surface area contributed by atoms with Gasteiger partial charge in [-0.3, -0.25) is 14.5 Å². The molecule has 1 aliphatic rings. The molecule has 3 rings (SSSR count). The molecule has 0 N–H and O–H groups in total. The van der Waals surface area contributed by atoms with Crippen molar-refractivity contribution in [3.8, 4) is 0 Å². The van der Waals surface area contributed by atoms with Crippen LogP contribution in [0.5, 0.6) is 0 Å². The number of hydrogen-bond acceptors (Lipinski definition) is 6. The van der Waals surface area contributed by atoms with Crippen LogP contribution in [0.4, 0.5) is 0 Å². The van der Waals surface area contributed by atoms with Crippen LogP contribution in [0.15, 0.2) is 35.7 Å². The zero-order chi connectivity index (χ0) is 17.1. The molecule has 0 bridgehead atoms. The average molecular weight is 342 g/mol. The lowest BCUT2D eigenvalue weighted by Gasteiger charge is -2.13. The standard InChI is InChI=1S/C17H14N2O4S/c1-11-18-12(10-24-11)6-7-15(20)23-9-8-19-16(21)13-4-2-3-5-14(13)17(19)22/h2-7,10H,8-9H2,1H3/b7-6-. The Kier molecular flexibility index (Phi) is 4.52. The number of carbonyl (C=O) groups excluding carboxylic acids is 3. The van der Waals surface area contributed by atoms with Crippen molar-refractivity contribution in [2.45, 2.75) is 6.92 Å². The van der Waals surface area contributed by atoms with Crippen LogP contribution in [0.25, 0.3) is 6.08 Å². The summed E-state index contributed by atoms with van der Waals surface area (Å²) in [5.41, 5.74) is 1.45. The molecule has 0 saturated carbocycles. The third-order valence-corrected chi connectivity index (χ3v) is 4.26. The molecule has 122 valence electrons. The van der Waals surface area contributed by atoms with Gasteiger partial charge in [0.15, 0.2) is 0 Å². The predicted molar refractivity (Wildman–Crippen MR) is 88.7 cm³/mol. The van der Waals surface area contributed by atoms with Crippen molar-refractivity contribution in [1.29, 1.82) is 0 Å². The van der Waals surface area contributed by atoms with E-state index < -0.39 is 5.97 Å². The van der Waals surface area contributed by atoms with Crippen molar-refractivity contribution >= 4 is 35.2 Å². The lowest BCUT2D eigenvalue weighted by Crippen LogP contribution is -2.33. The predicted octanol–water partition coefficient (Wildman–Crippen LogP) is 2.30. The first-order chi connectivity index (χ1) is 11.6. The molecule has 2 amide bonds. The van der Waals surface area contributed by atoms with Crippen molar-refractivity contribution in [2.75, 3.05) is 13.2 Å². The summed E-state index contributed by atoms with van der Waals surface area (Å²) in [6.07, 6.45) is 2.84. The molecule has 24 heavy (non-hydrogen) atoms. The molecule has 0 fully saturated rings. The van der Waals surface area contributed by atoms with Crippen LogP contribution in [0.2, 0.25) is 0 Å². The lowest BCUT2D eigenvalue weighted by atomic mass is 10.1. The number of rotatable bonds is 5. The number of imide groups is 1. The number of aryl methyl sites for hydroxylation is 1. The van der Waals surface area contributed by atoms with Crippen LogP contribution >= 0.6 is 11.3 Å². The van der Waals surface area contributed by atoms with Gasteiger partial charge in [-0.05, 0) is 25.1 Å². The first-order valence-corrected chi connectivity index (χ1v) is 8.16. The summed E-state index contributed by atoms with van der Waals surface area (Å²) in [6.45, 7) is 1.86. The fourth-order valence-electron chi connectivity index (χ4n) is 2.34. The molecule has 0 saturated heterocycles. The smallest absolute Gasteiger partial charge is 0.330 e. The second kappa shape index (κ2) is 6.76. The maximum atomic E-state index is 12.1. The third-order valence-electron chi connectivity index (χ3n) is 3.46. The molecule has 1 aromatic heterocycles. The first-order valence-electron chi connectivity index (χ1n) is 7.28. The molecule has 2 heterocycles. The highest BCUT2D eigenvalue weighted by Gasteiger charge is 2.34. The van der Waals surface area contributed by atoms with E-state index in [-0.39, 0.29) is 25.0 Å². The number of esters is 1. The molecular weight excluding hydrogens is 328 g/mol. The maximum absolute atomic E-state index is 12.1. The minimum atomic E-state index is -0.544. The normalized spacial score (nSPS) is 13.6. The molecule has 0 atom stereocenters. The van der Waals surface area contributed by atoms with Crippen molar-refractivity contribution in [1.82, 2.24) is 9.88 Å². The van der Waals surface area contributed by atoms with E-state index in [2.05, 4.69) is 4.98 Å². The van der Waals surface area contributed by atoms with E-state index in [1.54, 1.807) is 30.3 Å². The van der Waals surface area contributed by atoms with Gasteiger partial charge in [-0.1, -0.05) is 12.1 Å². The summed E-state index contributed by atoms with van der Waals surface area (Å²) in [5.74, 6) is -1.27. The number of hydrogen-bond donors (Lipinski definition) is 0. The summed E-state index contributed by atoms with van der Waals surface area (Å²) in [7, 11) is 0. The second-order valence-corrected chi connectivity index (χ2v) is 6.16. The van der Waals surface area contributed by atoms with E-state index in [9.17, 15) is 14.4 Å². The summed E-state index contributed by atoms with van der Waals surface area (Å²) in [5, 5.41) is 2.74. The number of ether oxygens (including phenoxy) is 1. The van der Waals surface area contributed by atoms with E-state index in [4.69, 9.17) is 4.74 Å². The minimum absolute atomic E-state index is 0.0295. The largest absolute Gasteiger partial charge is 0.461 e. The zero-order valence-corrected chi connectivity index (χ0v) is 13.7. The zero-order valence-electron chi connectivity index (χ0n) is 12.9. The Morgan fingerprint density at radius 3 is 2.50 bits per heavy atom. The Morgan fingerprint density at radius 1 is 1.25 bits per heavy atom. The highest BCUT2D eigenvalue weighted by Crippen LogP contribution is 2.21. The van der Waals surface area contributed by atoms with E-state index in [0.717, 1.165) is 9.91 Å². The third kappa shape index (κ3) is 3.26. The molecule has 2 aromatic rings. The number of thiazole rings is 1. The Balaban J connectivity index is 1.52. The average Bonchev–Trinajstić information content (AvgIpc) is 3.10. The van der Waals surface area contributed by atoms with Gasteiger partial charge in [0.1, 0.15) is 6.61 Å². The Morgan fingerprint density at radius 2 is 1.92 bits per heavy atom. The number of fused-ring (bicyclic) bond motifs is 1. The van der Waals surface area contributed by atoms with E-state index in [1.807, 2.05) is 12.3 Å². The van der Waals surface area contributed by atoms with Crippen LogP contribution in [0, 0.1) is 6.92 Å². The van der Waals surface area contributed by atoms with Gasteiger partial charge in [-0.15, -0.1) is 11.3 Å². The molecular formula is C17H14N2O4S. The number of benzene rings is 1. The van der Waals surface area contributed by atoms with Crippen LogP contribution in [0.1, 0.15) is 31.4 Å². The second-order valence-electron chi connectivity index (χ2n) is 5.10. The van der Waals surface area contributed by atoms with Gasteiger partial charge in [-0.2, -0.15) is 0 Å². The minimum Gasteiger partial charge on any atom is -0.461 e. The van der Waals surface area contributed by atoms with Crippen LogP contribution in [-0.2, 0) is 9.53 Å². The number of aromatic nitrogens is 1. The van der Waals surface area contributed by atoms with Crippen LogP contribution in [0.3, 0.4) is 0 Å². The van der Waals surface area contributed by atoms with Crippen LogP contribution < -0.4 is 0 Å². The van der Waals surface area contributed by atoms with Gasteiger partial charge < -0.3 is 4.74 Å². The Hall–Kier alpha value is -2.80. The molecule has 0 unspecified atom stereocenters. The van der Waals surface area contributed by atoms with Gasteiger partial charge >= 0.3 is 5.97 Å². The SMILES string of the molecule is Cc1nc(/C=C\C(=O)OCCN2C(=O)c3ccccc3C2=O)cs1. The fourth-order valence-corrected chi connectivity index (χ4v) is 2.92. The number of nitrogens with zero attached hydrogens (tertiary/aromatic N) is 2. The summed E-state index contributed by atoms with van der Waals surface area (Å²) in [4.78, 5) is 41.2. The molecule has 1 aliphatic heterocycles. The highest BCUT2D eigenvalue weighted by molar-refractivity contribution is 7.09. The Bertz CT molecular complexity index is 806. The molecule has 0 aliphatic carbocycles. The molecule has 7 heteroatoms. The van der Waals surface area contributed by atoms with Gasteiger partial charge in [0.25, 0.3) is 11.8 Å². The molecule has 0 radical (unpaired) electrons. The summed E-state index contributed by atoms with van der Waals surface area (Å²) >= 11 is 1.49. The van der Waals surface area contributed by atoms with Crippen molar-refractivity contribution in [3.63, 3.8) is 0 Å². The number of amides is 2. The van der Waals surface area contributed by atoms with Gasteiger partial charge in [0, 0.05) is 11.5 Å². The summed E-state index contributed by atoms with van der Waals surface area (Å²) in [6, 6.07) is 6.64. The lowest BCUT2D eigenvalue weighted by molar-refractivity contribution is -0.137. The van der Waals surface area contributed by atoms with Gasteiger partial charge in [0.2, 0.25) is 0 Å². The van der Waals surface area contributed by atoms with Crippen molar-refractivity contribution in [3.05, 3.63) is 57.6 Å². The fraction of sp³-hybridized carbons (Fsp3) is 0.176.